The lowest BCUT2D eigenvalue weighted by Gasteiger charge is -2.35. The van der Waals surface area contributed by atoms with Gasteiger partial charge in [0.2, 0.25) is 0 Å². The fourth-order valence-electron chi connectivity index (χ4n) is 2.51. The molecule has 0 atom stereocenters. The summed E-state index contributed by atoms with van der Waals surface area (Å²) in [5, 5.41) is 0.758. The first-order valence-electron chi connectivity index (χ1n) is 7.14. The molecular formula is C16H25Cl2N. The Morgan fingerprint density at radius 3 is 2.26 bits per heavy atom. The summed E-state index contributed by atoms with van der Waals surface area (Å²) in [4.78, 5) is 2.50. The number of hydrogen-bond acceptors (Lipinski definition) is 1. The van der Waals surface area contributed by atoms with Crippen LogP contribution in [0.2, 0.25) is 5.02 Å². The minimum atomic E-state index is 0.505. The van der Waals surface area contributed by atoms with Crippen molar-refractivity contribution in [1.82, 2.24) is 0 Å². The zero-order valence-corrected chi connectivity index (χ0v) is 13.9. The van der Waals surface area contributed by atoms with Crippen molar-refractivity contribution in [2.45, 2.75) is 52.5 Å². The molecule has 0 N–H and O–H groups in total. The van der Waals surface area contributed by atoms with E-state index in [1.54, 1.807) is 0 Å². The van der Waals surface area contributed by atoms with Crippen molar-refractivity contribution in [2.75, 3.05) is 11.4 Å². The summed E-state index contributed by atoms with van der Waals surface area (Å²) in [5.74, 6) is 1.13. The minimum absolute atomic E-state index is 0.505. The van der Waals surface area contributed by atoms with E-state index >= 15 is 0 Å². The van der Waals surface area contributed by atoms with E-state index in [9.17, 15) is 0 Å². The Morgan fingerprint density at radius 2 is 1.79 bits per heavy atom. The van der Waals surface area contributed by atoms with Gasteiger partial charge in [-0.15, -0.1) is 11.6 Å². The van der Waals surface area contributed by atoms with Crippen LogP contribution >= 0.6 is 23.2 Å². The first-order chi connectivity index (χ1) is 9.03. The Bertz CT molecular complexity index is 386. The molecule has 3 heteroatoms. The van der Waals surface area contributed by atoms with Crippen LogP contribution in [-0.4, -0.2) is 12.6 Å². The van der Waals surface area contributed by atoms with Crippen LogP contribution in [0, 0.1) is 5.92 Å². The van der Waals surface area contributed by atoms with Gasteiger partial charge in [0.1, 0.15) is 0 Å². The molecule has 1 aromatic carbocycles. The highest BCUT2D eigenvalue weighted by atomic mass is 35.5. The summed E-state index contributed by atoms with van der Waals surface area (Å²) >= 11 is 12.2. The monoisotopic (exact) mass is 301 g/mol. The van der Waals surface area contributed by atoms with Crippen molar-refractivity contribution in [2.24, 2.45) is 5.92 Å². The second kappa shape index (κ2) is 8.01. The van der Waals surface area contributed by atoms with E-state index in [-0.39, 0.29) is 0 Å². The lowest BCUT2D eigenvalue weighted by Crippen LogP contribution is -2.38. The normalized spacial score (nSPS) is 11.4. The van der Waals surface area contributed by atoms with Crippen molar-refractivity contribution < 1.29 is 0 Å². The zero-order chi connectivity index (χ0) is 14.4. The fraction of sp³-hybridized carbons (Fsp3) is 0.625. The molecule has 1 aromatic rings. The van der Waals surface area contributed by atoms with Gasteiger partial charge in [-0.2, -0.15) is 0 Å². The van der Waals surface area contributed by atoms with Crippen LogP contribution in [0.1, 0.15) is 46.1 Å². The summed E-state index contributed by atoms with van der Waals surface area (Å²) < 4.78 is 0. The van der Waals surface area contributed by atoms with Crippen molar-refractivity contribution in [3.63, 3.8) is 0 Å². The maximum absolute atomic E-state index is 6.09. The molecule has 0 amide bonds. The number of hydrogen-bond donors (Lipinski definition) is 0. The van der Waals surface area contributed by atoms with Gasteiger partial charge in [0, 0.05) is 29.2 Å². The lowest BCUT2D eigenvalue weighted by atomic mass is 10.0. The molecule has 0 heterocycles. The van der Waals surface area contributed by atoms with Crippen LogP contribution in [-0.2, 0) is 5.88 Å². The zero-order valence-electron chi connectivity index (χ0n) is 12.4. The van der Waals surface area contributed by atoms with E-state index in [1.807, 2.05) is 12.1 Å². The van der Waals surface area contributed by atoms with Crippen LogP contribution in [0.4, 0.5) is 5.69 Å². The molecule has 0 aliphatic carbocycles. The maximum Gasteiger partial charge on any atom is 0.0495 e. The summed E-state index contributed by atoms with van der Waals surface area (Å²) in [6, 6.07) is 6.62. The summed E-state index contributed by atoms with van der Waals surface area (Å²) in [6.45, 7) is 10.1. The van der Waals surface area contributed by atoms with Crippen LogP contribution in [0.15, 0.2) is 18.2 Å². The Balaban J connectivity index is 3.15. The van der Waals surface area contributed by atoms with E-state index < -0.39 is 0 Å². The molecule has 0 saturated heterocycles. The van der Waals surface area contributed by atoms with E-state index in [1.165, 1.54) is 5.69 Å². The second-order valence-corrected chi connectivity index (χ2v) is 6.13. The van der Waals surface area contributed by atoms with Crippen molar-refractivity contribution >= 4 is 28.9 Å². The van der Waals surface area contributed by atoms with E-state index in [4.69, 9.17) is 23.2 Å². The quantitative estimate of drug-likeness (QED) is 0.581. The average molecular weight is 302 g/mol. The largest absolute Gasteiger partial charge is 0.368 e. The smallest absolute Gasteiger partial charge is 0.0495 e. The number of nitrogens with zero attached hydrogens (tertiary/aromatic N) is 1. The molecule has 0 aliphatic heterocycles. The van der Waals surface area contributed by atoms with Gasteiger partial charge in [-0.05, 0) is 42.5 Å². The molecule has 0 radical (unpaired) electrons. The number of alkyl halides is 1. The predicted octanol–water partition coefficient (Wildman–Crippen LogP) is 5.73. The first-order valence-corrected chi connectivity index (χ1v) is 8.05. The van der Waals surface area contributed by atoms with E-state index in [2.05, 4.69) is 38.7 Å². The lowest BCUT2D eigenvalue weighted by molar-refractivity contribution is 0.507. The standard InChI is InChI=1S/C16H25Cl2N/c1-5-15(6-2)19(11-12(3)4)16-8-7-14(18)9-13(16)10-17/h7-9,12,15H,5-6,10-11H2,1-4H3. The summed E-state index contributed by atoms with van der Waals surface area (Å²) in [7, 11) is 0. The minimum Gasteiger partial charge on any atom is -0.368 e. The molecule has 19 heavy (non-hydrogen) atoms. The molecule has 108 valence electrons. The summed E-state index contributed by atoms with van der Waals surface area (Å²) in [5.41, 5.74) is 2.36. The first kappa shape index (κ1) is 16.7. The third-order valence-corrected chi connectivity index (χ3v) is 3.96. The van der Waals surface area contributed by atoms with Crippen LogP contribution in [0.5, 0.6) is 0 Å². The van der Waals surface area contributed by atoms with Gasteiger partial charge < -0.3 is 4.90 Å². The van der Waals surface area contributed by atoms with Crippen molar-refractivity contribution in [3.8, 4) is 0 Å². The highest BCUT2D eigenvalue weighted by molar-refractivity contribution is 6.30. The maximum atomic E-state index is 6.09. The molecule has 0 fully saturated rings. The number of rotatable bonds is 7. The van der Waals surface area contributed by atoms with Crippen LogP contribution in [0.3, 0.4) is 0 Å². The molecule has 1 rings (SSSR count). The van der Waals surface area contributed by atoms with Gasteiger partial charge in [0.15, 0.2) is 0 Å². The number of benzene rings is 1. The van der Waals surface area contributed by atoms with Crippen LogP contribution in [0.25, 0.3) is 0 Å². The van der Waals surface area contributed by atoms with Gasteiger partial charge >= 0.3 is 0 Å². The number of halogens is 2. The highest BCUT2D eigenvalue weighted by Gasteiger charge is 2.19. The second-order valence-electron chi connectivity index (χ2n) is 5.42. The van der Waals surface area contributed by atoms with Crippen molar-refractivity contribution in [3.05, 3.63) is 28.8 Å². The average Bonchev–Trinajstić information content (AvgIpc) is 2.38. The van der Waals surface area contributed by atoms with Gasteiger partial charge in [-0.1, -0.05) is 39.3 Å². The molecular weight excluding hydrogens is 277 g/mol. The molecule has 0 aromatic heterocycles. The summed E-state index contributed by atoms with van der Waals surface area (Å²) in [6.07, 6.45) is 2.29. The SMILES string of the molecule is CCC(CC)N(CC(C)C)c1ccc(Cl)cc1CCl. The Morgan fingerprint density at radius 1 is 1.16 bits per heavy atom. The highest BCUT2D eigenvalue weighted by Crippen LogP contribution is 2.29. The van der Waals surface area contributed by atoms with Gasteiger partial charge in [0.05, 0.1) is 0 Å². The third-order valence-electron chi connectivity index (χ3n) is 3.44. The Hall–Kier alpha value is -0.400. The number of anilines is 1. The van der Waals surface area contributed by atoms with E-state index in [0.717, 1.165) is 30.0 Å². The van der Waals surface area contributed by atoms with Gasteiger partial charge in [-0.3, -0.25) is 0 Å². The fourth-order valence-corrected chi connectivity index (χ4v) is 2.92. The molecule has 0 saturated carbocycles. The molecule has 0 aliphatic rings. The van der Waals surface area contributed by atoms with Crippen molar-refractivity contribution in [1.29, 1.82) is 0 Å². The third kappa shape index (κ3) is 4.57. The molecule has 0 unspecified atom stereocenters. The topological polar surface area (TPSA) is 3.24 Å². The Kier molecular flexibility index (Phi) is 7.02. The van der Waals surface area contributed by atoms with E-state index in [0.29, 0.717) is 17.8 Å². The molecule has 0 bridgehead atoms. The van der Waals surface area contributed by atoms with Crippen LogP contribution < -0.4 is 4.90 Å². The Labute approximate surface area is 127 Å². The van der Waals surface area contributed by atoms with Gasteiger partial charge in [0.25, 0.3) is 0 Å². The van der Waals surface area contributed by atoms with Gasteiger partial charge in [-0.25, -0.2) is 0 Å². The molecule has 0 spiro atoms. The molecule has 1 nitrogen and oxygen atoms in total. The predicted molar refractivity (Wildman–Crippen MR) is 87.6 cm³/mol.